The zero-order valence-corrected chi connectivity index (χ0v) is 10.2. The maximum atomic E-state index is 11.0. The van der Waals surface area contributed by atoms with Crippen LogP contribution < -0.4 is 9.47 Å². The maximum Gasteiger partial charge on any atom is 0.308 e. The molecule has 0 aliphatic carbocycles. The summed E-state index contributed by atoms with van der Waals surface area (Å²) in [6.07, 6.45) is 1.65. The van der Waals surface area contributed by atoms with E-state index in [1.54, 1.807) is 25.4 Å². The molecule has 4 heteroatoms. The van der Waals surface area contributed by atoms with Gasteiger partial charge in [-0.3, -0.25) is 9.78 Å². The highest BCUT2D eigenvalue weighted by atomic mass is 16.5. The van der Waals surface area contributed by atoms with Gasteiger partial charge in [0.2, 0.25) is 0 Å². The second-order valence-electron chi connectivity index (χ2n) is 3.68. The number of carbonyl (C=O) groups is 1. The van der Waals surface area contributed by atoms with E-state index >= 15 is 0 Å². The molecule has 18 heavy (non-hydrogen) atoms. The van der Waals surface area contributed by atoms with Crippen molar-refractivity contribution in [2.24, 2.45) is 0 Å². The normalized spacial score (nSPS) is 9.89. The SMILES string of the molecule is COc1cccc(-c2ncccc2OC(C)=O)c1. The molecule has 0 aliphatic rings. The van der Waals surface area contributed by atoms with Gasteiger partial charge in [-0.2, -0.15) is 0 Å². The Hall–Kier alpha value is -2.36. The summed E-state index contributed by atoms with van der Waals surface area (Å²) >= 11 is 0. The Morgan fingerprint density at radius 1 is 1.22 bits per heavy atom. The lowest BCUT2D eigenvalue weighted by Gasteiger charge is -2.08. The summed E-state index contributed by atoms with van der Waals surface area (Å²) in [6, 6.07) is 10.9. The minimum atomic E-state index is -0.368. The van der Waals surface area contributed by atoms with Crippen molar-refractivity contribution in [3.05, 3.63) is 42.6 Å². The van der Waals surface area contributed by atoms with Crippen LogP contribution in [0.3, 0.4) is 0 Å². The first-order valence-electron chi connectivity index (χ1n) is 5.48. The topological polar surface area (TPSA) is 48.4 Å². The minimum absolute atomic E-state index is 0.368. The largest absolute Gasteiger partial charge is 0.497 e. The van der Waals surface area contributed by atoms with Gasteiger partial charge in [0.25, 0.3) is 0 Å². The molecule has 1 aromatic heterocycles. The monoisotopic (exact) mass is 243 g/mol. The zero-order valence-electron chi connectivity index (χ0n) is 10.2. The lowest BCUT2D eigenvalue weighted by Crippen LogP contribution is -2.03. The number of ether oxygens (including phenoxy) is 2. The molecule has 0 fully saturated rings. The second-order valence-corrected chi connectivity index (χ2v) is 3.68. The average Bonchev–Trinajstić information content (AvgIpc) is 2.39. The first-order chi connectivity index (χ1) is 8.70. The first-order valence-corrected chi connectivity index (χ1v) is 5.48. The molecule has 0 atom stereocenters. The van der Waals surface area contributed by atoms with Crippen molar-refractivity contribution in [2.75, 3.05) is 7.11 Å². The van der Waals surface area contributed by atoms with E-state index in [1.807, 2.05) is 24.3 Å². The molecule has 92 valence electrons. The molecule has 0 spiro atoms. The fourth-order valence-corrected chi connectivity index (χ4v) is 1.61. The highest BCUT2D eigenvalue weighted by molar-refractivity contribution is 5.74. The van der Waals surface area contributed by atoms with E-state index in [-0.39, 0.29) is 5.97 Å². The van der Waals surface area contributed by atoms with E-state index in [9.17, 15) is 4.79 Å². The van der Waals surface area contributed by atoms with E-state index in [0.717, 1.165) is 11.3 Å². The van der Waals surface area contributed by atoms with Crippen LogP contribution in [0, 0.1) is 0 Å². The molecule has 4 nitrogen and oxygen atoms in total. The number of aromatic nitrogens is 1. The van der Waals surface area contributed by atoms with Crippen LogP contribution in [0.15, 0.2) is 42.6 Å². The number of methoxy groups -OCH3 is 1. The van der Waals surface area contributed by atoms with E-state index < -0.39 is 0 Å². The molecule has 0 bridgehead atoms. The maximum absolute atomic E-state index is 11.0. The Kier molecular flexibility index (Phi) is 3.57. The Morgan fingerprint density at radius 3 is 2.78 bits per heavy atom. The number of esters is 1. The third-order valence-corrected chi connectivity index (χ3v) is 2.37. The molecule has 0 N–H and O–H groups in total. The number of hydrogen-bond acceptors (Lipinski definition) is 4. The van der Waals surface area contributed by atoms with E-state index in [0.29, 0.717) is 11.4 Å². The number of hydrogen-bond donors (Lipinski definition) is 0. The Balaban J connectivity index is 2.45. The van der Waals surface area contributed by atoms with Gasteiger partial charge in [-0.15, -0.1) is 0 Å². The minimum Gasteiger partial charge on any atom is -0.497 e. The summed E-state index contributed by atoms with van der Waals surface area (Å²) in [6.45, 7) is 1.36. The van der Waals surface area contributed by atoms with Crippen molar-refractivity contribution in [2.45, 2.75) is 6.92 Å². The van der Waals surface area contributed by atoms with Gasteiger partial charge in [-0.05, 0) is 24.3 Å². The molecule has 2 rings (SSSR count). The summed E-state index contributed by atoms with van der Waals surface area (Å²) in [5, 5.41) is 0. The number of pyridine rings is 1. The van der Waals surface area contributed by atoms with Crippen molar-refractivity contribution in [3.63, 3.8) is 0 Å². The van der Waals surface area contributed by atoms with Gasteiger partial charge in [-0.25, -0.2) is 0 Å². The summed E-state index contributed by atoms with van der Waals surface area (Å²) in [4.78, 5) is 15.3. The van der Waals surface area contributed by atoms with Crippen LogP contribution in [0.5, 0.6) is 11.5 Å². The van der Waals surface area contributed by atoms with Crippen molar-refractivity contribution in [1.82, 2.24) is 4.98 Å². The standard InChI is InChI=1S/C14H13NO3/c1-10(16)18-13-7-4-8-15-14(13)11-5-3-6-12(9-11)17-2/h3-9H,1-2H3. The molecule has 0 radical (unpaired) electrons. The highest BCUT2D eigenvalue weighted by Crippen LogP contribution is 2.29. The first kappa shape index (κ1) is 12.1. The smallest absolute Gasteiger partial charge is 0.308 e. The van der Waals surface area contributed by atoms with E-state index in [4.69, 9.17) is 9.47 Å². The lowest BCUT2D eigenvalue weighted by molar-refractivity contribution is -0.131. The fraction of sp³-hybridized carbons (Fsp3) is 0.143. The highest BCUT2D eigenvalue weighted by Gasteiger charge is 2.09. The van der Waals surface area contributed by atoms with Gasteiger partial charge >= 0.3 is 5.97 Å². The van der Waals surface area contributed by atoms with Gasteiger partial charge in [0.05, 0.1) is 7.11 Å². The molecule has 0 aliphatic heterocycles. The summed E-state index contributed by atoms with van der Waals surface area (Å²) in [5.41, 5.74) is 1.46. The quantitative estimate of drug-likeness (QED) is 0.778. The fourth-order valence-electron chi connectivity index (χ4n) is 1.61. The lowest BCUT2D eigenvalue weighted by atomic mass is 10.1. The molecule has 2 aromatic rings. The summed E-state index contributed by atoms with van der Waals surface area (Å²) in [5.74, 6) is 0.803. The molecule has 0 saturated carbocycles. The molecule has 0 amide bonds. The van der Waals surface area contributed by atoms with Crippen LogP contribution >= 0.6 is 0 Å². The Morgan fingerprint density at radius 2 is 2.06 bits per heavy atom. The van der Waals surface area contributed by atoms with Crippen LogP contribution in [0.25, 0.3) is 11.3 Å². The average molecular weight is 243 g/mol. The van der Waals surface area contributed by atoms with Crippen molar-refractivity contribution < 1.29 is 14.3 Å². The van der Waals surface area contributed by atoms with E-state index in [2.05, 4.69) is 4.98 Å². The molecule has 1 heterocycles. The van der Waals surface area contributed by atoms with Crippen molar-refractivity contribution >= 4 is 5.97 Å². The Bertz CT molecular complexity index is 566. The van der Waals surface area contributed by atoms with Gasteiger partial charge in [0.15, 0.2) is 5.75 Å². The molecular formula is C14H13NO3. The van der Waals surface area contributed by atoms with Gasteiger partial charge < -0.3 is 9.47 Å². The summed E-state index contributed by atoms with van der Waals surface area (Å²) in [7, 11) is 1.60. The van der Waals surface area contributed by atoms with Gasteiger partial charge in [0.1, 0.15) is 11.4 Å². The van der Waals surface area contributed by atoms with Crippen LogP contribution in [-0.2, 0) is 4.79 Å². The molecule has 1 aromatic carbocycles. The van der Waals surface area contributed by atoms with E-state index in [1.165, 1.54) is 6.92 Å². The van der Waals surface area contributed by atoms with Gasteiger partial charge in [-0.1, -0.05) is 12.1 Å². The predicted molar refractivity (Wildman–Crippen MR) is 67.5 cm³/mol. The third kappa shape index (κ3) is 2.66. The number of benzene rings is 1. The number of carbonyl (C=O) groups excluding carboxylic acids is 1. The van der Waals surface area contributed by atoms with Crippen LogP contribution in [0.1, 0.15) is 6.92 Å². The zero-order chi connectivity index (χ0) is 13.0. The number of rotatable bonds is 3. The molecular weight excluding hydrogens is 230 g/mol. The second kappa shape index (κ2) is 5.31. The van der Waals surface area contributed by atoms with Crippen LogP contribution in [0.2, 0.25) is 0 Å². The number of nitrogens with zero attached hydrogens (tertiary/aromatic N) is 1. The van der Waals surface area contributed by atoms with Crippen molar-refractivity contribution in [1.29, 1.82) is 0 Å². The molecule has 0 unspecified atom stereocenters. The van der Waals surface area contributed by atoms with Crippen LogP contribution in [0.4, 0.5) is 0 Å². The Labute approximate surface area is 105 Å². The predicted octanol–water partition coefficient (Wildman–Crippen LogP) is 2.68. The molecule has 0 saturated heterocycles. The summed E-state index contributed by atoms with van der Waals surface area (Å²) < 4.78 is 10.3. The third-order valence-electron chi connectivity index (χ3n) is 2.37. The van der Waals surface area contributed by atoms with Gasteiger partial charge in [0, 0.05) is 18.7 Å². The van der Waals surface area contributed by atoms with Crippen molar-refractivity contribution in [3.8, 4) is 22.8 Å². The van der Waals surface area contributed by atoms with Crippen LogP contribution in [-0.4, -0.2) is 18.1 Å².